The first-order valence-corrected chi connectivity index (χ1v) is 11.9. The minimum absolute atomic E-state index is 0.0625. The molecule has 0 bridgehead atoms. The van der Waals surface area contributed by atoms with Gasteiger partial charge in [-0.25, -0.2) is 0 Å². The lowest BCUT2D eigenvalue weighted by Gasteiger charge is -2.18. The molecule has 5 rings (SSSR count). The molecule has 0 fully saturated rings. The Kier molecular flexibility index (Phi) is 6.68. The summed E-state index contributed by atoms with van der Waals surface area (Å²) in [5.41, 5.74) is 5.77. The van der Waals surface area contributed by atoms with Crippen molar-refractivity contribution >= 4 is 22.4 Å². The molecule has 0 unspecified atom stereocenters. The highest BCUT2D eigenvalue weighted by atomic mass is 35.5. The molecule has 0 radical (unpaired) electrons. The van der Waals surface area contributed by atoms with Gasteiger partial charge in [0.15, 0.2) is 0 Å². The van der Waals surface area contributed by atoms with Crippen LogP contribution in [-0.2, 0) is 13.0 Å². The normalized spacial score (nSPS) is 14.9. The molecule has 0 aliphatic heterocycles. The minimum Gasteiger partial charge on any atom is -0.481 e. The van der Waals surface area contributed by atoms with Crippen molar-refractivity contribution in [3.63, 3.8) is 0 Å². The van der Waals surface area contributed by atoms with Crippen molar-refractivity contribution in [2.75, 3.05) is 20.3 Å². The lowest BCUT2D eigenvalue weighted by Crippen LogP contribution is -2.18. The third kappa shape index (κ3) is 4.47. The van der Waals surface area contributed by atoms with Gasteiger partial charge in [-0.15, -0.1) is 0 Å². The van der Waals surface area contributed by atoms with Crippen molar-refractivity contribution in [2.24, 2.45) is 0 Å². The van der Waals surface area contributed by atoms with Crippen molar-refractivity contribution in [1.82, 2.24) is 10.3 Å². The van der Waals surface area contributed by atoms with Crippen LogP contribution in [0.15, 0.2) is 66.7 Å². The van der Waals surface area contributed by atoms with E-state index in [0.717, 1.165) is 18.4 Å². The van der Waals surface area contributed by atoms with Crippen LogP contribution in [0.2, 0.25) is 5.02 Å². The smallest absolute Gasteiger partial charge is 0.236 e. The molecule has 34 heavy (non-hydrogen) atoms. The Morgan fingerprint density at radius 1 is 1.03 bits per heavy atom. The summed E-state index contributed by atoms with van der Waals surface area (Å²) in [6.45, 7) is 1.04. The average Bonchev–Trinajstić information content (AvgIpc) is 3.28. The molecule has 0 saturated heterocycles. The summed E-state index contributed by atoms with van der Waals surface area (Å²) in [5, 5.41) is 15.0. The van der Waals surface area contributed by atoms with Crippen LogP contribution in [0.25, 0.3) is 21.9 Å². The lowest BCUT2D eigenvalue weighted by molar-refractivity contribution is 0.196. The van der Waals surface area contributed by atoms with E-state index in [0.29, 0.717) is 29.9 Å². The van der Waals surface area contributed by atoms with E-state index in [-0.39, 0.29) is 12.7 Å². The fraction of sp³-hybridized carbons (Fsp3) is 0.250. The van der Waals surface area contributed by atoms with Gasteiger partial charge in [0.2, 0.25) is 11.8 Å². The largest absolute Gasteiger partial charge is 0.481 e. The number of hydrogen-bond donors (Lipinski definition) is 2. The van der Waals surface area contributed by atoms with Crippen molar-refractivity contribution in [2.45, 2.75) is 25.5 Å². The molecule has 4 aromatic rings. The Bertz CT molecular complexity index is 1320. The maximum Gasteiger partial charge on any atom is 0.236 e. The van der Waals surface area contributed by atoms with Crippen LogP contribution in [0, 0.1) is 0 Å². The zero-order valence-electron chi connectivity index (χ0n) is 19.1. The molecule has 0 saturated carbocycles. The SMILES string of the molecule is COc1nc(O[C@H]2CCc3c(-c4ccc5ccccc5c4)cccc32)c(Cl)cc1CNCCO. The van der Waals surface area contributed by atoms with Gasteiger partial charge in [0.1, 0.15) is 11.1 Å². The summed E-state index contributed by atoms with van der Waals surface area (Å²) < 4.78 is 11.8. The van der Waals surface area contributed by atoms with Crippen molar-refractivity contribution in [3.8, 4) is 22.9 Å². The quantitative estimate of drug-likeness (QED) is 0.320. The van der Waals surface area contributed by atoms with Crippen LogP contribution in [0.5, 0.6) is 11.8 Å². The van der Waals surface area contributed by atoms with Gasteiger partial charge >= 0.3 is 0 Å². The summed E-state index contributed by atoms with van der Waals surface area (Å²) in [6.07, 6.45) is 1.67. The fourth-order valence-corrected chi connectivity index (χ4v) is 4.90. The number of rotatable bonds is 8. The number of ether oxygens (including phenoxy) is 2. The predicted octanol–water partition coefficient (Wildman–Crippen LogP) is 5.71. The third-order valence-corrected chi connectivity index (χ3v) is 6.58. The number of pyridine rings is 1. The van der Waals surface area contributed by atoms with Crippen LogP contribution in [0.3, 0.4) is 0 Å². The van der Waals surface area contributed by atoms with Crippen LogP contribution < -0.4 is 14.8 Å². The van der Waals surface area contributed by atoms with Gasteiger partial charge < -0.3 is 19.9 Å². The third-order valence-electron chi connectivity index (χ3n) is 6.31. The molecule has 5 nitrogen and oxygen atoms in total. The molecule has 1 atom stereocenters. The van der Waals surface area contributed by atoms with Gasteiger partial charge in [-0.3, -0.25) is 0 Å². The van der Waals surface area contributed by atoms with Crippen LogP contribution in [0.1, 0.15) is 29.2 Å². The first kappa shape index (κ1) is 22.7. The highest BCUT2D eigenvalue weighted by molar-refractivity contribution is 6.31. The van der Waals surface area contributed by atoms with Crippen LogP contribution in [-0.4, -0.2) is 30.4 Å². The van der Waals surface area contributed by atoms with E-state index < -0.39 is 0 Å². The number of aliphatic hydroxyl groups is 1. The second-order valence-corrected chi connectivity index (χ2v) is 8.83. The Balaban J connectivity index is 1.42. The molecule has 1 aromatic heterocycles. The molecular formula is C28H27ClN2O3. The standard InChI is InChI=1S/C28H27ClN2O3/c1-33-27-21(17-30-13-14-32)16-25(29)28(31-27)34-26-12-11-23-22(7-4-8-24(23)26)20-10-9-18-5-2-3-6-19(18)15-20/h2-10,15-16,26,30,32H,11-14,17H2,1H3/t26-/m0/s1. The topological polar surface area (TPSA) is 63.6 Å². The number of methoxy groups -OCH3 is 1. The average molecular weight is 475 g/mol. The minimum atomic E-state index is -0.122. The van der Waals surface area contributed by atoms with Crippen molar-refractivity contribution in [1.29, 1.82) is 0 Å². The number of halogens is 1. The van der Waals surface area contributed by atoms with E-state index in [9.17, 15) is 0 Å². The molecule has 6 heteroatoms. The van der Waals surface area contributed by atoms with Gasteiger partial charge in [0.25, 0.3) is 0 Å². The number of nitrogens with one attached hydrogen (secondary N) is 1. The highest BCUT2D eigenvalue weighted by Gasteiger charge is 2.28. The number of benzene rings is 3. The van der Waals surface area contributed by atoms with E-state index in [1.165, 1.54) is 33.0 Å². The monoisotopic (exact) mass is 474 g/mol. The Morgan fingerprint density at radius 2 is 1.88 bits per heavy atom. The maximum absolute atomic E-state index is 8.99. The molecule has 0 spiro atoms. The van der Waals surface area contributed by atoms with Gasteiger partial charge in [-0.05, 0) is 58.0 Å². The number of aromatic nitrogens is 1. The van der Waals surface area contributed by atoms with E-state index in [1.807, 2.05) is 6.07 Å². The summed E-state index contributed by atoms with van der Waals surface area (Å²) in [5.74, 6) is 0.839. The predicted molar refractivity (Wildman–Crippen MR) is 136 cm³/mol. The van der Waals surface area contributed by atoms with E-state index in [2.05, 4.69) is 71.0 Å². The van der Waals surface area contributed by atoms with Crippen LogP contribution >= 0.6 is 11.6 Å². The van der Waals surface area contributed by atoms with Gasteiger partial charge in [-0.2, -0.15) is 4.98 Å². The van der Waals surface area contributed by atoms with Gasteiger partial charge in [0.05, 0.1) is 13.7 Å². The molecule has 1 aliphatic carbocycles. The van der Waals surface area contributed by atoms with Crippen LogP contribution in [0.4, 0.5) is 0 Å². The number of fused-ring (bicyclic) bond motifs is 2. The van der Waals surface area contributed by atoms with E-state index in [1.54, 1.807) is 7.11 Å². The maximum atomic E-state index is 8.99. The Labute approximate surface area is 204 Å². The van der Waals surface area contributed by atoms with Gasteiger partial charge in [-0.1, -0.05) is 66.2 Å². The molecule has 0 amide bonds. The van der Waals surface area contributed by atoms with E-state index in [4.69, 9.17) is 26.2 Å². The number of hydrogen-bond acceptors (Lipinski definition) is 5. The zero-order chi connectivity index (χ0) is 23.5. The number of aliphatic hydroxyl groups excluding tert-OH is 1. The van der Waals surface area contributed by atoms with Crippen molar-refractivity contribution in [3.05, 3.63) is 88.4 Å². The molecule has 2 N–H and O–H groups in total. The fourth-order valence-electron chi connectivity index (χ4n) is 4.68. The second kappa shape index (κ2) is 10.0. The zero-order valence-corrected chi connectivity index (χ0v) is 19.8. The molecule has 1 aliphatic rings. The summed E-state index contributed by atoms with van der Waals surface area (Å²) in [6, 6.07) is 23.3. The molecule has 1 heterocycles. The summed E-state index contributed by atoms with van der Waals surface area (Å²) >= 11 is 6.54. The first-order chi connectivity index (χ1) is 16.7. The summed E-state index contributed by atoms with van der Waals surface area (Å²) in [4.78, 5) is 4.54. The molecular weight excluding hydrogens is 448 g/mol. The summed E-state index contributed by atoms with van der Waals surface area (Å²) in [7, 11) is 1.58. The Morgan fingerprint density at radius 3 is 2.71 bits per heavy atom. The van der Waals surface area contributed by atoms with E-state index >= 15 is 0 Å². The second-order valence-electron chi connectivity index (χ2n) is 8.42. The molecule has 3 aromatic carbocycles. The Hall–Kier alpha value is -3.12. The number of nitrogens with zero attached hydrogens (tertiary/aromatic N) is 1. The lowest BCUT2D eigenvalue weighted by atomic mass is 9.95. The highest BCUT2D eigenvalue weighted by Crippen LogP contribution is 2.42. The van der Waals surface area contributed by atoms with Gasteiger partial charge in [0, 0.05) is 18.7 Å². The van der Waals surface area contributed by atoms with Crippen molar-refractivity contribution < 1.29 is 14.6 Å². The molecule has 174 valence electrons. The first-order valence-electron chi connectivity index (χ1n) is 11.5.